The molecule has 0 aromatic heterocycles. The standard InChI is InChI=1S/C17H17NO/c1-13(2)16-8-6-14(7-9-16)12-19-17-5-3-4-15(10-17)11-18/h3-10,13H,12H2,1-2H3. The van der Waals surface area contributed by atoms with Crippen LogP contribution in [0.5, 0.6) is 5.75 Å². The predicted octanol–water partition coefficient (Wildman–Crippen LogP) is 4.26. The average molecular weight is 251 g/mol. The molecule has 0 bridgehead atoms. The van der Waals surface area contributed by atoms with Crippen molar-refractivity contribution < 1.29 is 4.74 Å². The van der Waals surface area contributed by atoms with E-state index < -0.39 is 0 Å². The fraction of sp³-hybridized carbons (Fsp3) is 0.235. The molecule has 0 radical (unpaired) electrons. The van der Waals surface area contributed by atoms with Crippen LogP contribution in [0, 0.1) is 11.3 Å². The van der Waals surface area contributed by atoms with Crippen molar-refractivity contribution in [2.75, 3.05) is 0 Å². The highest BCUT2D eigenvalue weighted by atomic mass is 16.5. The van der Waals surface area contributed by atoms with Crippen LogP contribution in [0.4, 0.5) is 0 Å². The van der Waals surface area contributed by atoms with E-state index in [0.717, 1.165) is 11.3 Å². The van der Waals surface area contributed by atoms with Crippen LogP contribution >= 0.6 is 0 Å². The third-order valence-electron chi connectivity index (χ3n) is 3.02. The zero-order chi connectivity index (χ0) is 13.7. The Kier molecular flexibility index (Phi) is 4.20. The van der Waals surface area contributed by atoms with Gasteiger partial charge in [0.25, 0.3) is 0 Å². The van der Waals surface area contributed by atoms with Crippen molar-refractivity contribution in [1.82, 2.24) is 0 Å². The summed E-state index contributed by atoms with van der Waals surface area (Å²) in [5, 5.41) is 8.82. The second-order valence-corrected chi connectivity index (χ2v) is 4.82. The molecule has 0 saturated carbocycles. The molecule has 0 amide bonds. The Morgan fingerprint density at radius 2 is 1.84 bits per heavy atom. The van der Waals surface area contributed by atoms with Crippen LogP contribution in [0.15, 0.2) is 48.5 Å². The summed E-state index contributed by atoms with van der Waals surface area (Å²) < 4.78 is 5.68. The van der Waals surface area contributed by atoms with Gasteiger partial charge in [0.15, 0.2) is 0 Å². The second kappa shape index (κ2) is 6.06. The van der Waals surface area contributed by atoms with Crippen LogP contribution in [0.25, 0.3) is 0 Å². The molecule has 2 nitrogen and oxygen atoms in total. The SMILES string of the molecule is CC(C)c1ccc(COc2cccc(C#N)c2)cc1. The molecule has 0 N–H and O–H groups in total. The molecule has 0 aliphatic heterocycles. The number of benzene rings is 2. The molecule has 0 spiro atoms. The largest absolute Gasteiger partial charge is 0.489 e. The molecule has 2 aromatic carbocycles. The number of hydrogen-bond acceptors (Lipinski definition) is 2. The van der Waals surface area contributed by atoms with Gasteiger partial charge in [-0.15, -0.1) is 0 Å². The Bertz CT molecular complexity index is 579. The minimum absolute atomic E-state index is 0.521. The van der Waals surface area contributed by atoms with Crippen molar-refractivity contribution in [1.29, 1.82) is 5.26 Å². The number of hydrogen-bond donors (Lipinski definition) is 0. The molecule has 19 heavy (non-hydrogen) atoms. The summed E-state index contributed by atoms with van der Waals surface area (Å²) in [7, 11) is 0. The molecule has 0 saturated heterocycles. The molecule has 0 aliphatic rings. The molecular weight excluding hydrogens is 234 g/mol. The van der Waals surface area contributed by atoms with E-state index in [0.29, 0.717) is 18.1 Å². The summed E-state index contributed by atoms with van der Waals surface area (Å²) in [6, 6.07) is 17.8. The number of nitriles is 1. The summed E-state index contributed by atoms with van der Waals surface area (Å²) in [5.41, 5.74) is 3.08. The minimum Gasteiger partial charge on any atom is -0.489 e. The van der Waals surface area contributed by atoms with Crippen LogP contribution in [-0.2, 0) is 6.61 Å². The van der Waals surface area contributed by atoms with Gasteiger partial charge in [-0.25, -0.2) is 0 Å². The molecule has 96 valence electrons. The van der Waals surface area contributed by atoms with E-state index in [-0.39, 0.29) is 0 Å². The first-order valence-electron chi connectivity index (χ1n) is 6.41. The van der Waals surface area contributed by atoms with Crippen molar-refractivity contribution in [3.63, 3.8) is 0 Å². The van der Waals surface area contributed by atoms with E-state index in [4.69, 9.17) is 10.00 Å². The van der Waals surface area contributed by atoms with Gasteiger partial charge in [0.05, 0.1) is 11.6 Å². The van der Waals surface area contributed by atoms with Crippen LogP contribution < -0.4 is 4.74 Å². The van der Waals surface area contributed by atoms with Gasteiger partial charge in [-0.1, -0.05) is 44.2 Å². The highest BCUT2D eigenvalue weighted by Gasteiger charge is 2.00. The molecule has 2 aromatic rings. The van der Waals surface area contributed by atoms with Crippen LogP contribution in [0.3, 0.4) is 0 Å². The van der Waals surface area contributed by atoms with Gasteiger partial charge >= 0.3 is 0 Å². The zero-order valence-electron chi connectivity index (χ0n) is 11.3. The van der Waals surface area contributed by atoms with Crippen molar-refractivity contribution in [2.45, 2.75) is 26.4 Å². The van der Waals surface area contributed by atoms with E-state index in [1.165, 1.54) is 5.56 Å². The smallest absolute Gasteiger partial charge is 0.121 e. The van der Waals surface area contributed by atoms with E-state index in [9.17, 15) is 0 Å². The van der Waals surface area contributed by atoms with Gasteiger partial charge in [-0.2, -0.15) is 5.26 Å². The quantitative estimate of drug-likeness (QED) is 0.813. The van der Waals surface area contributed by atoms with E-state index in [1.807, 2.05) is 12.1 Å². The van der Waals surface area contributed by atoms with Crippen LogP contribution in [-0.4, -0.2) is 0 Å². The van der Waals surface area contributed by atoms with Crippen molar-refractivity contribution in [3.8, 4) is 11.8 Å². The van der Waals surface area contributed by atoms with Gasteiger partial charge in [-0.3, -0.25) is 0 Å². The van der Waals surface area contributed by atoms with Crippen LogP contribution in [0.2, 0.25) is 0 Å². The number of nitrogens with zero attached hydrogens (tertiary/aromatic N) is 1. The Balaban J connectivity index is 2.00. The van der Waals surface area contributed by atoms with Crippen molar-refractivity contribution in [2.24, 2.45) is 0 Å². The maximum Gasteiger partial charge on any atom is 0.121 e. The Morgan fingerprint density at radius 1 is 1.11 bits per heavy atom. The first-order chi connectivity index (χ1) is 9.19. The third-order valence-corrected chi connectivity index (χ3v) is 3.02. The predicted molar refractivity (Wildman–Crippen MR) is 76.0 cm³/mol. The maximum absolute atomic E-state index is 8.82. The lowest BCUT2D eigenvalue weighted by molar-refractivity contribution is 0.306. The second-order valence-electron chi connectivity index (χ2n) is 4.82. The van der Waals surface area contributed by atoms with Gasteiger partial charge < -0.3 is 4.74 Å². The lowest BCUT2D eigenvalue weighted by Crippen LogP contribution is -1.96. The highest BCUT2D eigenvalue weighted by Crippen LogP contribution is 2.17. The molecule has 0 heterocycles. The van der Waals surface area contributed by atoms with Gasteiger partial charge in [0, 0.05) is 0 Å². The Hall–Kier alpha value is -2.27. The average Bonchev–Trinajstić information content (AvgIpc) is 2.46. The number of rotatable bonds is 4. The molecule has 0 unspecified atom stereocenters. The molecule has 0 atom stereocenters. The molecule has 0 fully saturated rings. The van der Waals surface area contributed by atoms with E-state index in [1.54, 1.807) is 12.1 Å². The minimum atomic E-state index is 0.521. The van der Waals surface area contributed by atoms with Crippen LogP contribution in [0.1, 0.15) is 36.5 Å². The molecule has 2 rings (SSSR count). The monoisotopic (exact) mass is 251 g/mol. The topological polar surface area (TPSA) is 33.0 Å². The van der Waals surface area contributed by atoms with Crippen molar-refractivity contribution in [3.05, 3.63) is 65.2 Å². The normalized spacial score (nSPS) is 10.2. The summed E-state index contributed by atoms with van der Waals surface area (Å²) in [6.07, 6.45) is 0. The van der Waals surface area contributed by atoms with Gasteiger partial charge in [0.2, 0.25) is 0 Å². The van der Waals surface area contributed by atoms with Gasteiger partial charge in [-0.05, 0) is 35.2 Å². The third kappa shape index (κ3) is 3.59. The fourth-order valence-corrected chi connectivity index (χ4v) is 1.82. The van der Waals surface area contributed by atoms with E-state index in [2.05, 4.69) is 44.2 Å². The van der Waals surface area contributed by atoms with Gasteiger partial charge in [0.1, 0.15) is 12.4 Å². The highest BCUT2D eigenvalue weighted by molar-refractivity contribution is 5.36. The first kappa shape index (κ1) is 13.2. The summed E-state index contributed by atoms with van der Waals surface area (Å²) in [5.74, 6) is 1.27. The lowest BCUT2D eigenvalue weighted by Gasteiger charge is -2.09. The molecule has 0 aliphatic carbocycles. The zero-order valence-corrected chi connectivity index (χ0v) is 11.3. The summed E-state index contributed by atoms with van der Waals surface area (Å²) >= 11 is 0. The maximum atomic E-state index is 8.82. The number of ether oxygens (including phenoxy) is 1. The lowest BCUT2D eigenvalue weighted by atomic mass is 10.0. The van der Waals surface area contributed by atoms with Crippen molar-refractivity contribution >= 4 is 0 Å². The Labute approximate surface area is 114 Å². The Morgan fingerprint density at radius 3 is 2.47 bits per heavy atom. The van der Waals surface area contributed by atoms with E-state index >= 15 is 0 Å². The first-order valence-corrected chi connectivity index (χ1v) is 6.41. The summed E-state index contributed by atoms with van der Waals surface area (Å²) in [4.78, 5) is 0. The molecule has 2 heteroatoms. The summed E-state index contributed by atoms with van der Waals surface area (Å²) in [6.45, 7) is 4.88. The molecular formula is C17H17NO. The fourth-order valence-electron chi connectivity index (χ4n) is 1.82.